The lowest BCUT2D eigenvalue weighted by molar-refractivity contribution is -0.129. The van der Waals surface area contributed by atoms with E-state index in [1.807, 2.05) is 31.2 Å². The van der Waals surface area contributed by atoms with Crippen molar-refractivity contribution >= 4 is 5.78 Å². The van der Waals surface area contributed by atoms with Crippen molar-refractivity contribution in [3.8, 4) is 5.75 Å². The molecule has 0 aliphatic heterocycles. The summed E-state index contributed by atoms with van der Waals surface area (Å²) in [6.45, 7) is 1.98. The van der Waals surface area contributed by atoms with Crippen LogP contribution in [0.2, 0.25) is 0 Å². The van der Waals surface area contributed by atoms with Gasteiger partial charge in [0.2, 0.25) is 0 Å². The van der Waals surface area contributed by atoms with Gasteiger partial charge in [-0.25, -0.2) is 0 Å². The molecule has 0 spiro atoms. The van der Waals surface area contributed by atoms with Crippen LogP contribution in [0.25, 0.3) is 0 Å². The molecule has 3 heteroatoms. The molecular formula is C13H18O3. The summed E-state index contributed by atoms with van der Waals surface area (Å²) in [6, 6.07) is 7.42. The minimum absolute atomic E-state index is 0.109. The van der Waals surface area contributed by atoms with Crippen LogP contribution in [-0.2, 0) is 9.53 Å². The fraction of sp³-hybridized carbons (Fsp3) is 0.462. The Morgan fingerprint density at radius 2 is 2.12 bits per heavy atom. The normalized spacial score (nSPS) is 12.2. The van der Waals surface area contributed by atoms with Gasteiger partial charge in [-0.15, -0.1) is 0 Å². The van der Waals surface area contributed by atoms with Crippen LogP contribution in [0.1, 0.15) is 31.4 Å². The minimum Gasteiger partial charge on any atom is -0.497 e. The van der Waals surface area contributed by atoms with Gasteiger partial charge in [0.05, 0.1) is 7.11 Å². The Hall–Kier alpha value is -1.35. The van der Waals surface area contributed by atoms with Crippen LogP contribution >= 0.6 is 0 Å². The van der Waals surface area contributed by atoms with E-state index in [9.17, 15) is 4.79 Å². The summed E-state index contributed by atoms with van der Waals surface area (Å²) in [6.07, 6.45) is 0.897. The maximum Gasteiger partial charge on any atom is 0.166 e. The summed E-state index contributed by atoms with van der Waals surface area (Å²) in [7, 11) is 3.16. The molecule has 0 bridgehead atoms. The Balaban J connectivity index is 2.89. The van der Waals surface area contributed by atoms with E-state index in [4.69, 9.17) is 9.47 Å². The topological polar surface area (TPSA) is 35.5 Å². The fourth-order valence-corrected chi connectivity index (χ4v) is 1.64. The second-order valence-corrected chi connectivity index (χ2v) is 3.61. The van der Waals surface area contributed by atoms with Gasteiger partial charge >= 0.3 is 0 Å². The van der Waals surface area contributed by atoms with E-state index in [0.29, 0.717) is 6.42 Å². The number of benzene rings is 1. The zero-order valence-electron chi connectivity index (χ0n) is 10.0. The molecule has 1 rings (SSSR count). The van der Waals surface area contributed by atoms with E-state index >= 15 is 0 Å². The number of ketones is 1. The number of methoxy groups -OCH3 is 2. The molecule has 0 saturated heterocycles. The molecule has 0 aromatic heterocycles. The number of hydrogen-bond acceptors (Lipinski definition) is 3. The van der Waals surface area contributed by atoms with Crippen LogP contribution in [0.15, 0.2) is 24.3 Å². The van der Waals surface area contributed by atoms with Crippen molar-refractivity contribution in [1.29, 1.82) is 0 Å². The first-order chi connectivity index (χ1) is 7.72. The molecule has 0 fully saturated rings. The lowest BCUT2D eigenvalue weighted by Crippen LogP contribution is -2.14. The van der Waals surface area contributed by atoms with Gasteiger partial charge in [-0.3, -0.25) is 4.79 Å². The number of ether oxygens (including phenoxy) is 2. The van der Waals surface area contributed by atoms with Crippen LogP contribution < -0.4 is 4.74 Å². The van der Waals surface area contributed by atoms with Crippen molar-refractivity contribution < 1.29 is 14.3 Å². The van der Waals surface area contributed by atoms with Crippen LogP contribution in [0, 0.1) is 0 Å². The Kier molecular flexibility index (Phi) is 4.99. The third-order valence-electron chi connectivity index (χ3n) is 2.42. The largest absolute Gasteiger partial charge is 0.497 e. The molecule has 1 atom stereocenters. The van der Waals surface area contributed by atoms with E-state index in [2.05, 4.69) is 0 Å². The van der Waals surface area contributed by atoms with Crippen molar-refractivity contribution in [1.82, 2.24) is 0 Å². The molecule has 0 aliphatic rings. The number of carbonyl (C=O) groups is 1. The van der Waals surface area contributed by atoms with Gasteiger partial charge in [-0.2, -0.15) is 0 Å². The van der Waals surface area contributed by atoms with E-state index in [0.717, 1.165) is 17.7 Å². The highest BCUT2D eigenvalue weighted by atomic mass is 16.5. The lowest BCUT2D eigenvalue weighted by Gasteiger charge is -2.14. The summed E-state index contributed by atoms with van der Waals surface area (Å²) in [5.41, 5.74) is 0.848. The summed E-state index contributed by atoms with van der Waals surface area (Å²) in [5, 5.41) is 0. The van der Waals surface area contributed by atoms with Gasteiger partial charge in [0.15, 0.2) is 5.78 Å². The summed E-state index contributed by atoms with van der Waals surface area (Å²) in [4.78, 5) is 11.8. The molecule has 0 aliphatic carbocycles. The van der Waals surface area contributed by atoms with Crippen molar-refractivity contribution in [3.63, 3.8) is 0 Å². The summed E-state index contributed by atoms with van der Waals surface area (Å²) < 4.78 is 10.4. The molecule has 0 N–H and O–H groups in total. The maximum absolute atomic E-state index is 11.8. The van der Waals surface area contributed by atoms with Gasteiger partial charge < -0.3 is 9.47 Å². The Morgan fingerprint density at radius 3 is 2.69 bits per heavy atom. The maximum atomic E-state index is 11.8. The third kappa shape index (κ3) is 3.07. The highest BCUT2D eigenvalue weighted by Gasteiger charge is 2.19. The third-order valence-corrected chi connectivity index (χ3v) is 2.42. The monoisotopic (exact) mass is 222 g/mol. The van der Waals surface area contributed by atoms with E-state index in [1.54, 1.807) is 14.2 Å². The van der Waals surface area contributed by atoms with Crippen LogP contribution in [0.3, 0.4) is 0 Å². The van der Waals surface area contributed by atoms with Crippen molar-refractivity contribution in [3.05, 3.63) is 29.8 Å². The first-order valence-electron chi connectivity index (χ1n) is 5.42. The predicted molar refractivity (Wildman–Crippen MR) is 62.7 cm³/mol. The highest BCUT2D eigenvalue weighted by Crippen LogP contribution is 2.23. The van der Waals surface area contributed by atoms with Crippen molar-refractivity contribution in [2.45, 2.75) is 25.9 Å². The first-order valence-corrected chi connectivity index (χ1v) is 5.42. The van der Waals surface area contributed by atoms with E-state index in [1.165, 1.54) is 0 Å². The number of carbonyl (C=O) groups excluding carboxylic acids is 1. The van der Waals surface area contributed by atoms with Crippen LogP contribution in [-0.4, -0.2) is 20.0 Å². The molecular weight excluding hydrogens is 204 g/mol. The number of rotatable bonds is 6. The highest BCUT2D eigenvalue weighted by molar-refractivity contribution is 5.84. The zero-order valence-corrected chi connectivity index (χ0v) is 10.0. The molecule has 16 heavy (non-hydrogen) atoms. The van der Waals surface area contributed by atoms with E-state index in [-0.39, 0.29) is 5.78 Å². The molecule has 0 amide bonds. The van der Waals surface area contributed by atoms with Gasteiger partial charge in [0.1, 0.15) is 11.9 Å². The second-order valence-electron chi connectivity index (χ2n) is 3.61. The number of hydrogen-bond donors (Lipinski definition) is 0. The molecule has 1 aromatic carbocycles. The molecule has 3 nitrogen and oxygen atoms in total. The molecule has 0 saturated carbocycles. The molecule has 1 unspecified atom stereocenters. The standard InChI is InChI=1S/C13H18O3/c1-4-6-12(14)13(16-3)10-7-5-8-11(9-10)15-2/h5,7-9,13H,4,6H2,1-3H3. The molecule has 0 heterocycles. The average molecular weight is 222 g/mol. The Labute approximate surface area is 96.4 Å². The summed E-state index contributed by atoms with van der Waals surface area (Å²) in [5.74, 6) is 0.849. The van der Waals surface area contributed by atoms with Gasteiger partial charge in [0.25, 0.3) is 0 Å². The zero-order chi connectivity index (χ0) is 12.0. The average Bonchev–Trinajstić information content (AvgIpc) is 2.31. The van der Waals surface area contributed by atoms with Gasteiger partial charge in [-0.1, -0.05) is 19.1 Å². The van der Waals surface area contributed by atoms with Crippen molar-refractivity contribution in [2.24, 2.45) is 0 Å². The lowest BCUT2D eigenvalue weighted by atomic mass is 10.0. The Bertz CT molecular complexity index is 347. The second kappa shape index (κ2) is 6.28. The summed E-state index contributed by atoms with van der Waals surface area (Å²) >= 11 is 0. The quantitative estimate of drug-likeness (QED) is 0.742. The van der Waals surface area contributed by atoms with Crippen LogP contribution in [0.5, 0.6) is 5.75 Å². The Morgan fingerprint density at radius 1 is 1.38 bits per heavy atom. The van der Waals surface area contributed by atoms with E-state index < -0.39 is 6.10 Å². The molecule has 0 radical (unpaired) electrons. The van der Waals surface area contributed by atoms with Gasteiger partial charge in [-0.05, 0) is 24.1 Å². The predicted octanol–water partition coefficient (Wildman–Crippen LogP) is 2.75. The molecule has 1 aromatic rings. The molecule has 88 valence electrons. The van der Waals surface area contributed by atoms with Crippen LogP contribution in [0.4, 0.5) is 0 Å². The first kappa shape index (κ1) is 12.7. The van der Waals surface area contributed by atoms with Crippen molar-refractivity contribution in [2.75, 3.05) is 14.2 Å². The smallest absolute Gasteiger partial charge is 0.166 e. The number of Topliss-reactive ketones (excluding diaryl/α,β-unsaturated/α-hetero) is 1. The minimum atomic E-state index is -0.477. The van der Waals surface area contributed by atoms with Gasteiger partial charge in [0, 0.05) is 13.5 Å². The SMILES string of the molecule is CCCC(=O)C(OC)c1cccc(OC)c1. The fourth-order valence-electron chi connectivity index (χ4n) is 1.64.